The number of hydrogen-bond acceptors (Lipinski definition) is 5. The van der Waals surface area contributed by atoms with Crippen LogP contribution < -0.4 is 10.1 Å². The maximum atomic E-state index is 14.9. The van der Waals surface area contributed by atoms with Crippen LogP contribution in [0.15, 0.2) is 36.4 Å². The van der Waals surface area contributed by atoms with Crippen molar-refractivity contribution in [3.8, 4) is 5.75 Å². The van der Waals surface area contributed by atoms with Crippen molar-refractivity contribution in [2.75, 3.05) is 6.61 Å². The summed E-state index contributed by atoms with van der Waals surface area (Å²) in [5.41, 5.74) is 0.746. The number of ether oxygens (including phenoxy) is 1. The van der Waals surface area contributed by atoms with E-state index >= 15 is 0 Å². The van der Waals surface area contributed by atoms with Crippen molar-refractivity contribution in [1.82, 2.24) is 10.2 Å². The van der Waals surface area contributed by atoms with E-state index in [9.17, 15) is 32.3 Å². The molecule has 2 aromatic carbocycles. The third kappa shape index (κ3) is 4.78. The maximum Gasteiger partial charge on any atom is 0.334 e. The molecule has 7 nitrogen and oxygen atoms in total. The lowest BCUT2D eigenvalue weighted by Gasteiger charge is -2.29. The Morgan fingerprint density at radius 3 is 2.66 bits per heavy atom. The summed E-state index contributed by atoms with van der Waals surface area (Å²) < 4.78 is 48.6. The summed E-state index contributed by atoms with van der Waals surface area (Å²) in [4.78, 5) is 50.2. The molecule has 0 radical (unpaired) electrons. The second-order valence-corrected chi connectivity index (χ2v) is 8.46. The number of rotatable bonds is 8. The van der Waals surface area contributed by atoms with E-state index in [-0.39, 0.29) is 50.0 Å². The standard InChI is InChI=1S/C25H23F3N2O5/c1-2-35-20-8-5-16(26)12-18(20)25(27,28)21(31)9-4-14-3-6-17-15(11-14)13-30(24(17)34)19-7-10-22(32)29-23(19)33/h3,5-6,8,11-12,19H,2,4,7,9-10,13H2,1H3,(H,29,32,33). The zero-order valence-electron chi connectivity index (χ0n) is 18.9. The highest BCUT2D eigenvalue weighted by molar-refractivity contribution is 6.05. The monoisotopic (exact) mass is 488 g/mol. The lowest BCUT2D eigenvalue weighted by molar-refractivity contribution is -0.144. The van der Waals surface area contributed by atoms with E-state index < -0.39 is 41.5 Å². The van der Waals surface area contributed by atoms with Gasteiger partial charge in [-0.2, -0.15) is 8.78 Å². The number of nitrogens with zero attached hydrogens (tertiary/aromatic N) is 1. The summed E-state index contributed by atoms with van der Waals surface area (Å²) in [5, 5.41) is 2.23. The van der Waals surface area contributed by atoms with Crippen LogP contribution in [0.2, 0.25) is 0 Å². The number of imide groups is 1. The molecule has 184 valence electrons. The predicted octanol–water partition coefficient (Wildman–Crippen LogP) is 3.28. The molecule has 1 saturated heterocycles. The Kier molecular flexibility index (Phi) is 6.64. The number of fused-ring (bicyclic) bond motifs is 1. The smallest absolute Gasteiger partial charge is 0.334 e. The molecule has 2 aliphatic rings. The third-order valence-corrected chi connectivity index (χ3v) is 6.16. The minimum absolute atomic E-state index is 0.0202. The number of alkyl halides is 2. The van der Waals surface area contributed by atoms with Crippen LogP contribution in [0.4, 0.5) is 13.2 Å². The normalized spacial score (nSPS) is 17.9. The molecule has 0 spiro atoms. The quantitative estimate of drug-likeness (QED) is 0.576. The van der Waals surface area contributed by atoms with E-state index in [4.69, 9.17) is 4.74 Å². The number of carbonyl (C=O) groups is 4. The van der Waals surface area contributed by atoms with Crippen molar-refractivity contribution in [3.05, 3.63) is 64.5 Å². The Labute approximate surface area is 199 Å². The lowest BCUT2D eigenvalue weighted by atomic mass is 9.97. The zero-order chi connectivity index (χ0) is 25.3. The van der Waals surface area contributed by atoms with Crippen LogP contribution in [0.3, 0.4) is 0 Å². The Morgan fingerprint density at radius 2 is 1.94 bits per heavy atom. The number of hydrogen-bond donors (Lipinski definition) is 1. The van der Waals surface area contributed by atoms with Crippen LogP contribution in [0.5, 0.6) is 5.75 Å². The first-order valence-corrected chi connectivity index (χ1v) is 11.2. The largest absolute Gasteiger partial charge is 0.493 e. The van der Waals surface area contributed by atoms with E-state index in [1.807, 2.05) is 0 Å². The Hall–Kier alpha value is -3.69. The molecule has 0 aromatic heterocycles. The molecule has 1 unspecified atom stereocenters. The number of Topliss-reactive ketones (excluding diaryl/α,β-unsaturated/α-hetero) is 1. The molecule has 2 aliphatic heterocycles. The van der Waals surface area contributed by atoms with Crippen LogP contribution in [-0.4, -0.2) is 41.1 Å². The van der Waals surface area contributed by atoms with E-state index in [1.54, 1.807) is 25.1 Å². The number of halogens is 3. The summed E-state index contributed by atoms with van der Waals surface area (Å²) in [7, 11) is 0. The van der Waals surface area contributed by atoms with Gasteiger partial charge in [0.25, 0.3) is 5.91 Å². The van der Waals surface area contributed by atoms with Crippen LogP contribution in [0.1, 0.15) is 53.2 Å². The zero-order valence-corrected chi connectivity index (χ0v) is 18.9. The van der Waals surface area contributed by atoms with Crippen molar-refractivity contribution in [2.45, 2.75) is 51.1 Å². The van der Waals surface area contributed by atoms with Crippen LogP contribution in [0, 0.1) is 5.82 Å². The summed E-state index contributed by atoms with van der Waals surface area (Å²) in [6, 6.07) is 6.67. The molecular weight excluding hydrogens is 465 g/mol. The minimum atomic E-state index is -3.94. The lowest BCUT2D eigenvalue weighted by Crippen LogP contribution is -2.52. The van der Waals surface area contributed by atoms with Gasteiger partial charge in [-0.15, -0.1) is 0 Å². The molecule has 0 aliphatic carbocycles. The van der Waals surface area contributed by atoms with Crippen molar-refractivity contribution in [1.29, 1.82) is 0 Å². The van der Waals surface area contributed by atoms with Crippen LogP contribution >= 0.6 is 0 Å². The molecule has 10 heteroatoms. The van der Waals surface area contributed by atoms with Gasteiger partial charge in [0.1, 0.15) is 17.6 Å². The van der Waals surface area contributed by atoms with Gasteiger partial charge in [-0.1, -0.05) is 12.1 Å². The van der Waals surface area contributed by atoms with Gasteiger partial charge < -0.3 is 9.64 Å². The molecule has 3 amide bonds. The number of amides is 3. The number of benzene rings is 2. The first-order chi connectivity index (χ1) is 16.6. The molecule has 2 heterocycles. The topological polar surface area (TPSA) is 92.8 Å². The molecule has 1 N–H and O–H groups in total. The van der Waals surface area contributed by atoms with E-state index in [0.717, 1.165) is 12.1 Å². The molecule has 2 aromatic rings. The molecule has 0 saturated carbocycles. The number of ketones is 1. The fourth-order valence-corrected chi connectivity index (χ4v) is 4.38. The number of nitrogens with one attached hydrogen (secondary N) is 1. The molecule has 1 fully saturated rings. The highest BCUT2D eigenvalue weighted by Gasteiger charge is 2.43. The van der Waals surface area contributed by atoms with Gasteiger partial charge in [-0.05, 0) is 55.2 Å². The summed E-state index contributed by atoms with van der Waals surface area (Å²) in [5.74, 6) is -7.74. The van der Waals surface area contributed by atoms with Crippen molar-refractivity contribution in [2.24, 2.45) is 0 Å². The highest BCUT2D eigenvalue weighted by atomic mass is 19.3. The van der Waals surface area contributed by atoms with Gasteiger partial charge in [0.2, 0.25) is 17.6 Å². The van der Waals surface area contributed by atoms with E-state index in [2.05, 4.69) is 5.32 Å². The second kappa shape index (κ2) is 9.52. The third-order valence-electron chi connectivity index (χ3n) is 6.16. The highest BCUT2D eigenvalue weighted by Crippen LogP contribution is 2.38. The molecule has 0 bridgehead atoms. The average molecular weight is 488 g/mol. The average Bonchev–Trinajstić information content (AvgIpc) is 3.14. The van der Waals surface area contributed by atoms with Crippen molar-refractivity contribution < 1.29 is 37.1 Å². The maximum absolute atomic E-state index is 14.9. The van der Waals surface area contributed by atoms with Gasteiger partial charge in [-0.25, -0.2) is 4.39 Å². The summed E-state index contributed by atoms with van der Waals surface area (Å²) >= 11 is 0. The van der Waals surface area contributed by atoms with Gasteiger partial charge in [0, 0.05) is 24.9 Å². The predicted molar refractivity (Wildman–Crippen MR) is 117 cm³/mol. The Balaban J connectivity index is 1.46. The summed E-state index contributed by atoms with van der Waals surface area (Å²) in [6.07, 6.45) is -0.175. The number of aryl methyl sites for hydroxylation is 1. The molecule has 4 rings (SSSR count). The second-order valence-electron chi connectivity index (χ2n) is 8.46. The van der Waals surface area contributed by atoms with Crippen LogP contribution in [-0.2, 0) is 33.3 Å². The number of carbonyl (C=O) groups excluding carboxylic acids is 4. The van der Waals surface area contributed by atoms with Gasteiger partial charge in [0.15, 0.2) is 0 Å². The molecule has 1 atom stereocenters. The minimum Gasteiger partial charge on any atom is -0.493 e. The fourth-order valence-electron chi connectivity index (χ4n) is 4.38. The van der Waals surface area contributed by atoms with E-state index in [1.165, 1.54) is 4.90 Å². The Bertz CT molecular complexity index is 1210. The molecular formula is C25H23F3N2O5. The summed E-state index contributed by atoms with van der Waals surface area (Å²) in [6.45, 7) is 1.80. The van der Waals surface area contributed by atoms with Crippen LogP contribution in [0.25, 0.3) is 0 Å². The first kappa shape index (κ1) is 24.4. The van der Waals surface area contributed by atoms with Crippen molar-refractivity contribution in [3.63, 3.8) is 0 Å². The van der Waals surface area contributed by atoms with Gasteiger partial charge in [-0.3, -0.25) is 24.5 Å². The SMILES string of the molecule is CCOc1ccc(F)cc1C(F)(F)C(=O)CCc1ccc2c(c1)CN(C1CCC(=O)NC1=O)C2=O. The van der Waals surface area contributed by atoms with Gasteiger partial charge >= 0.3 is 5.92 Å². The fraction of sp³-hybridized carbons (Fsp3) is 0.360. The Morgan fingerprint density at radius 1 is 1.17 bits per heavy atom. The molecule has 35 heavy (non-hydrogen) atoms. The van der Waals surface area contributed by atoms with E-state index in [0.29, 0.717) is 22.8 Å². The first-order valence-electron chi connectivity index (χ1n) is 11.2. The number of piperidine rings is 1. The van der Waals surface area contributed by atoms with Gasteiger partial charge in [0.05, 0.1) is 12.2 Å². The van der Waals surface area contributed by atoms with Crippen molar-refractivity contribution >= 4 is 23.5 Å².